The fourth-order valence-electron chi connectivity index (χ4n) is 1.84. The van der Waals surface area contributed by atoms with E-state index in [1.54, 1.807) is 0 Å². The highest BCUT2D eigenvalue weighted by molar-refractivity contribution is 9.10. The van der Waals surface area contributed by atoms with E-state index in [0.717, 1.165) is 17.7 Å². The Morgan fingerprint density at radius 2 is 1.84 bits per heavy atom. The van der Waals surface area contributed by atoms with Crippen LogP contribution in [0.5, 0.6) is 0 Å². The predicted molar refractivity (Wildman–Crippen MR) is 96.1 cm³/mol. The number of benzene rings is 2. The summed E-state index contributed by atoms with van der Waals surface area (Å²) in [6.45, 7) is 0. The van der Waals surface area contributed by atoms with Crippen molar-refractivity contribution in [3.05, 3.63) is 69.4 Å². The van der Waals surface area contributed by atoms with Crippen molar-refractivity contribution in [3.63, 3.8) is 0 Å². The van der Waals surface area contributed by atoms with Gasteiger partial charge in [0.05, 0.1) is 16.3 Å². The molecule has 0 aromatic heterocycles. The second-order valence-corrected chi connectivity index (χ2v) is 6.63. The first kappa shape index (κ1) is 19.5. The van der Waals surface area contributed by atoms with Crippen molar-refractivity contribution in [2.24, 2.45) is 15.9 Å². The maximum absolute atomic E-state index is 14.0. The van der Waals surface area contributed by atoms with Gasteiger partial charge in [-0.1, -0.05) is 42.1 Å². The topological polar surface area (TPSA) is 50.7 Å². The van der Waals surface area contributed by atoms with Gasteiger partial charge in [-0.15, -0.1) is 5.10 Å². The molecule has 3 nitrogen and oxygen atoms in total. The first-order valence-electron chi connectivity index (χ1n) is 6.87. The maximum atomic E-state index is 14.0. The van der Waals surface area contributed by atoms with Gasteiger partial charge in [-0.2, -0.15) is 18.3 Å². The maximum Gasteiger partial charge on any atom is 0.417 e. The standard InChI is InChI=1S/C16H12BrF4N3S/c17-13-7-6-12(16(19,20)21)11(14(13)18)8-23-24-15(22)25-9-10-4-2-1-3-5-10/h1-8H,9H2,(H2,22,24). The van der Waals surface area contributed by atoms with Crippen LogP contribution < -0.4 is 5.73 Å². The lowest BCUT2D eigenvalue weighted by Gasteiger charge is -2.11. The molecule has 0 aliphatic rings. The van der Waals surface area contributed by atoms with Crippen molar-refractivity contribution in [2.45, 2.75) is 11.9 Å². The molecule has 25 heavy (non-hydrogen) atoms. The molecule has 0 saturated carbocycles. The van der Waals surface area contributed by atoms with Crippen LogP contribution >= 0.6 is 27.7 Å². The fraction of sp³-hybridized carbons (Fsp3) is 0.125. The molecule has 0 fully saturated rings. The molecule has 0 aliphatic carbocycles. The van der Waals surface area contributed by atoms with Crippen molar-refractivity contribution in [2.75, 3.05) is 0 Å². The third kappa shape index (κ3) is 5.57. The van der Waals surface area contributed by atoms with Crippen LogP contribution in [-0.2, 0) is 11.9 Å². The molecule has 2 rings (SSSR count). The molecular weight excluding hydrogens is 422 g/mol. The fourth-order valence-corrected chi connectivity index (χ4v) is 2.80. The van der Waals surface area contributed by atoms with Gasteiger partial charge < -0.3 is 5.73 Å². The number of nitrogens with two attached hydrogens (primary N) is 1. The minimum Gasteiger partial charge on any atom is -0.377 e. The van der Waals surface area contributed by atoms with E-state index in [1.165, 1.54) is 11.8 Å². The Labute approximate surface area is 154 Å². The van der Waals surface area contributed by atoms with Crippen molar-refractivity contribution in [3.8, 4) is 0 Å². The van der Waals surface area contributed by atoms with Crippen molar-refractivity contribution >= 4 is 39.1 Å². The third-order valence-corrected chi connectivity index (χ3v) is 4.48. The zero-order valence-corrected chi connectivity index (χ0v) is 15.0. The lowest BCUT2D eigenvalue weighted by molar-refractivity contribution is -0.137. The van der Waals surface area contributed by atoms with E-state index >= 15 is 0 Å². The summed E-state index contributed by atoms with van der Waals surface area (Å²) < 4.78 is 52.7. The summed E-state index contributed by atoms with van der Waals surface area (Å²) in [4.78, 5) is 0. The molecule has 2 aromatic rings. The van der Waals surface area contributed by atoms with E-state index in [0.29, 0.717) is 12.0 Å². The number of amidine groups is 1. The second kappa shape index (κ2) is 8.48. The first-order valence-corrected chi connectivity index (χ1v) is 8.65. The van der Waals surface area contributed by atoms with E-state index in [2.05, 4.69) is 26.1 Å². The number of nitrogens with zero attached hydrogens (tertiary/aromatic N) is 2. The highest BCUT2D eigenvalue weighted by atomic mass is 79.9. The summed E-state index contributed by atoms with van der Waals surface area (Å²) >= 11 is 4.02. The highest BCUT2D eigenvalue weighted by Crippen LogP contribution is 2.34. The number of halogens is 5. The van der Waals surface area contributed by atoms with Crippen LogP contribution in [0, 0.1) is 5.82 Å². The minimum absolute atomic E-state index is 0.0593. The highest BCUT2D eigenvalue weighted by Gasteiger charge is 2.34. The smallest absolute Gasteiger partial charge is 0.377 e. The van der Waals surface area contributed by atoms with E-state index in [1.807, 2.05) is 30.3 Å². The summed E-state index contributed by atoms with van der Waals surface area (Å²) in [5.74, 6) is -0.533. The van der Waals surface area contributed by atoms with E-state index < -0.39 is 23.1 Å². The van der Waals surface area contributed by atoms with E-state index in [9.17, 15) is 17.6 Å². The average molecular weight is 434 g/mol. The van der Waals surface area contributed by atoms with E-state index in [4.69, 9.17) is 5.73 Å². The van der Waals surface area contributed by atoms with Gasteiger partial charge in [0.25, 0.3) is 0 Å². The van der Waals surface area contributed by atoms with Gasteiger partial charge in [0.15, 0.2) is 5.17 Å². The third-order valence-electron chi connectivity index (χ3n) is 3.01. The summed E-state index contributed by atoms with van der Waals surface area (Å²) in [6, 6.07) is 11.2. The van der Waals surface area contributed by atoms with Gasteiger partial charge in [-0.25, -0.2) is 4.39 Å². The Hall–Kier alpha value is -1.87. The monoisotopic (exact) mass is 433 g/mol. The minimum atomic E-state index is -4.71. The molecule has 0 bridgehead atoms. The summed E-state index contributed by atoms with van der Waals surface area (Å²) in [7, 11) is 0. The molecule has 0 saturated heterocycles. The number of rotatable bonds is 4. The molecule has 2 N–H and O–H groups in total. The molecule has 0 unspecified atom stereocenters. The Morgan fingerprint density at radius 3 is 2.48 bits per heavy atom. The quantitative estimate of drug-likeness (QED) is 0.312. The van der Waals surface area contributed by atoms with Crippen LogP contribution in [-0.4, -0.2) is 11.4 Å². The van der Waals surface area contributed by atoms with Crippen LogP contribution in [0.15, 0.2) is 57.1 Å². The molecule has 9 heteroatoms. The predicted octanol–water partition coefficient (Wildman–Crippen LogP) is 5.19. The van der Waals surface area contributed by atoms with Crippen molar-refractivity contribution < 1.29 is 17.6 Å². The molecule has 0 spiro atoms. The van der Waals surface area contributed by atoms with Gasteiger partial charge in [0.1, 0.15) is 5.82 Å². The normalized spacial score (nSPS) is 12.8. The Morgan fingerprint density at radius 1 is 1.16 bits per heavy atom. The lowest BCUT2D eigenvalue weighted by Crippen LogP contribution is -2.11. The summed E-state index contributed by atoms with van der Waals surface area (Å²) in [5.41, 5.74) is 4.82. The summed E-state index contributed by atoms with van der Waals surface area (Å²) in [6.07, 6.45) is -4.00. The van der Waals surface area contributed by atoms with Gasteiger partial charge in [0.2, 0.25) is 0 Å². The van der Waals surface area contributed by atoms with Crippen molar-refractivity contribution in [1.29, 1.82) is 0 Å². The van der Waals surface area contributed by atoms with Gasteiger partial charge in [-0.05, 0) is 33.6 Å². The molecule has 0 amide bonds. The number of thioether (sulfide) groups is 1. The van der Waals surface area contributed by atoms with Gasteiger partial charge in [0, 0.05) is 11.3 Å². The van der Waals surface area contributed by atoms with Crippen LogP contribution in [0.4, 0.5) is 17.6 Å². The molecule has 0 radical (unpaired) electrons. The van der Waals surface area contributed by atoms with Crippen molar-refractivity contribution in [1.82, 2.24) is 0 Å². The van der Waals surface area contributed by atoms with Gasteiger partial charge >= 0.3 is 6.18 Å². The van der Waals surface area contributed by atoms with Crippen LogP contribution in [0.1, 0.15) is 16.7 Å². The SMILES string of the molecule is NC(=NN=Cc1c(C(F)(F)F)ccc(Br)c1F)SCc1ccccc1. The number of hydrogen-bond acceptors (Lipinski definition) is 3. The molecule has 0 atom stereocenters. The van der Waals surface area contributed by atoms with E-state index in [-0.39, 0.29) is 9.64 Å². The number of alkyl halides is 3. The average Bonchev–Trinajstić information content (AvgIpc) is 2.56. The zero-order valence-electron chi connectivity index (χ0n) is 12.6. The van der Waals surface area contributed by atoms with Crippen LogP contribution in [0.2, 0.25) is 0 Å². The molecule has 2 aromatic carbocycles. The summed E-state index contributed by atoms with van der Waals surface area (Å²) in [5, 5.41) is 7.15. The van der Waals surface area contributed by atoms with Gasteiger partial charge in [-0.3, -0.25) is 0 Å². The number of hydrogen-bond donors (Lipinski definition) is 1. The Kier molecular flexibility index (Phi) is 6.60. The first-order chi connectivity index (χ1) is 11.8. The molecule has 132 valence electrons. The largest absolute Gasteiger partial charge is 0.417 e. The second-order valence-electron chi connectivity index (χ2n) is 4.78. The lowest BCUT2D eigenvalue weighted by atomic mass is 10.1. The Balaban J connectivity index is 2.14. The molecule has 0 aliphatic heterocycles. The zero-order chi connectivity index (χ0) is 18.4. The Bertz CT molecular complexity index is 792. The molecule has 0 heterocycles. The van der Waals surface area contributed by atoms with Crippen LogP contribution in [0.25, 0.3) is 0 Å². The molecular formula is C16H12BrF4N3S. The van der Waals surface area contributed by atoms with Crippen LogP contribution in [0.3, 0.4) is 0 Å².